The zero-order valence-electron chi connectivity index (χ0n) is 18.5. The largest absolute Gasteiger partial charge is 0.479 e. The number of halogens is 1. The van der Waals surface area contributed by atoms with E-state index in [1.54, 1.807) is 49.1 Å². The van der Waals surface area contributed by atoms with Crippen molar-refractivity contribution in [2.75, 3.05) is 6.26 Å². The smallest absolute Gasteiger partial charge is 0.334 e. The second-order valence-corrected chi connectivity index (χ2v) is 9.88. The summed E-state index contributed by atoms with van der Waals surface area (Å²) >= 11 is 0. The van der Waals surface area contributed by atoms with Gasteiger partial charge >= 0.3 is 5.97 Å². The summed E-state index contributed by atoms with van der Waals surface area (Å²) in [5, 5.41) is 9.22. The van der Waals surface area contributed by atoms with Crippen LogP contribution >= 0.6 is 0 Å². The van der Waals surface area contributed by atoms with Crippen LogP contribution in [0.4, 0.5) is 4.39 Å². The first-order chi connectivity index (χ1) is 16.2. The van der Waals surface area contributed by atoms with Crippen LogP contribution in [-0.2, 0) is 25.9 Å². The van der Waals surface area contributed by atoms with E-state index in [-0.39, 0.29) is 23.2 Å². The summed E-state index contributed by atoms with van der Waals surface area (Å²) in [4.78, 5) is 20.1. The lowest BCUT2D eigenvalue weighted by atomic mass is 9.91. The van der Waals surface area contributed by atoms with E-state index < -0.39 is 21.9 Å². The Bertz CT molecular complexity index is 1260. The molecule has 0 aliphatic rings. The van der Waals surface area contributed by atoms with E-state index in [0.29, 0.717) is 18.4 Å². The fourth-order valence-electron chi connectivity index (χ4n) is 3.71. The molecule has 0 fully saturated rings. The van der Waals surface area contributed by atoms with E-state index in [1.807, 2.05) is 10.6 Å². The monoisotopic (exact) mass is 487 g/mol. The number of nitrogens with zero attached hydrogens (tertiary/aromatic N) is 2. The molecule has 2 unspecified atom stereocenters. The number of sulfone groups is 1. The fraction of sp³-hybridized carbons (Fsp3) is 0.250. The lowest BCUT2D eigenvalue weighted by molar-refractivity contribution is -0.151. The number of aromatic nitrogens is 2. The number of benzene rings is 2. The van der Waals surface area contributed by atoms with Gasteiger partial charge in [-0.15, -0.1) is 0 Å². The zero-order valence-corrected chi connectivity index (χ0v) is 19.4. The van der Waals surface area contributed by atoms with Crippen LogP contribution < -0.4 is 5.90 Å². The average Bonchev–Trinajstić information content (AvgIpc) is 3.32. The van der Waals surface area contributed by atoms with Gasteiger partial charge in [0.2, 0.25) is 0 Å². The second kappa shape index (κ2) is 11.2. The van der Waals surface area contributed by atoms with Gasteiger partial charge in [0, 0.05) is 18.6 Å². The predicted molar refractivity (Wildman–Crippen MR) is 125 cm³/mol. The molecule has 0 bridgehead atoms. The van der Waals surface area contributed by atoms with Crippen molar-refractivity contribution in [2.24, 2.45) is 5.90 Å². The van der Waals surface area contributed by atoms with Crippen LogP contribution in [0.25, 0.3) is 5.57 Å². The Kier molecular flexibility index (Phi) is 8.32. The lowest BCUT2D eigenvalue weighted by Crippen LogP contribution is -2.26. The minimum atomic E-state index is -3.46. The summed E-state index contributed by atoms with van der Waals surface area (Å²) in [7, 11) is -3.46. The van der Waals surface area contributed by atoms with Gasteiger partial charge in [-0.25, -0.2) is 28.5 Å². The van der Waals surface area contributed by atoms with Crippen molar-refractivity contribution in [3.8, 4) is 0 Å². The SMILES string of the molecule is CS(=O)(=O)c1cccc(C(=CCCC(ON)C(=O)O)C(Cc2cccc(F)c2)n2ccnc2)c1. The molecule has 3 aromatic rings. The Labute approximate surface area is 197 Å². The maximum absolute atomic E-state index is 13.9. The van der Waals surface area contributed by atoms with Crippen molar-refractivity contribution >= 4 is 21.4 Å². The van der Waals surface area contributed by atoms with Crippen molar-refractivity contribution in [3.63, 3.8) is 0 Å². The fourth-order valence-corrected chi connectivity index (χ4v) is 4.38. The van der Waals surface area contributed by atoms with Gasteiger partial charge in [0.05, 0.1) is 17.3 Å². The number of aliphatic carboxylic acids is 1. The van der Waals surface area contributed by atoms with Crippen LogP contribution in [0, 0.1) is 5.82 Å². The van der Waals surface area contributed by atoms with E-state index in [2.05, 4.69) is 9.82 Å². The number of allylic oxidation sites excluding steroid dienone is 2. The van der Waals surface area contributed by atoms with E-state index in [9.17, 15) is 22.7 Å². The standard InChI is InChI=1S/C24H26FN3O5S/c1-34(31,32)20-8-3-6-18(15-20)21(9-4-10-23(33-26)24(29)30)22(28-12-11-27-16-28)14-17-5-2-7-19(25)13-17/h2-3,5-9,11-13,15-16,22-23H,4,10,14,26H2,1H3,(H,29,30). The molecule has 0 aliphatic heterocycles. The zero-order chi connectivity index (χ0) is 24.7. The predicted octanol–water partition coefficient (Wildman–Crippen LogP) is 3.42. The molecule has 8 nitrogen and oxygen atoms in total. The highest BCUT2D eigenvalue weighted by Crippen LogP contribution is 2.33. The summed E-state index contributed by atoms with van der Waals surface area (Å²) in [6, 6.07) is 12.4. The maximum atomic E-state index is 13.9. The van der Waals surface area contributed by atoms with Crippen LogP contribution in [0.5, 0.6) is 0 Å². The van der Waals surface area contributed by atoms with Crippen LogP contribution in [0.1, 0.15) is 30.0 Å². The highest BCUT2D eigenvalue weighted by molar-refractivity contribution is 7.90. The number of carboxylic acids is 1. The molecular weight excluding hydrogens is 461 g/mol. The molecule has 0 saturated heterocycles. The van der Waals surface area contributed by atoms with Gasteiger partial charge in [-0.3, -0.25) is 4.84 Å². The molecule has 0 saturated carbocycles. The molecule has 0 spiro atoms. The van der Waals surface area contributed by atoms with Gasteiger partial charge in [-0.05, 0) is 60.2 Å². The molecule has 34 heavy (non-hydrogen) atoms. The molecule has 2 atom stereocenters. The highest BCUT2D eigenvalue weighted by atomic mass is 32.2. The quantitative estimate of drug-likeness (QED) is 0.397. The first-order valence-electron chi connectivity index (χ1n) is 10.5. The van der Waals surface area contributed by atoms with Crippen molar-refractivity contribution in [1.29, 1.82) is 0 Å². The summed E-state index contributed by atoms with van der Waals surface area (Å²) in [5.41, 5.74) is 2.10. The van der Waals surface area contributed by atoms with E-state index >= 15 is 0 Å². The molecule has 10 heteroatoms. The highest BCUT2D eigenvalue weighted by Gasteiger charge is 2.22. The third-order valence-corrected chi connectivity index (χ3v) is 6.50. The Morgan fingerprint density at radius 3 is 2.65 bits per heavy atom. The van der Waals surface area contributed by atoms with E-state index in [4.69, 9.17) is 5.90 Å². The topological polar surface area (TPSA) is 125 Å². The normalized spacial score (nSPS) is 14.0. The molecule has 0 radical (unpaired) electrons. The van der Waals surface area contributed by atoms with Gasteiger partial charge in [0.1, 0.15) is 5.82 Å². The second-order valence-electron chi connectivity index (χ2n) is 7.86. The molecule has 0 aliphatic carbocycles. The number of nitrogens with two attached hydrogens (primary N) is 1. The van der Waals surface area contributed by atoms with E-state index in [1.165, 1.54) is 18.2 Å². The summed E-state index contributed by atoms with van der Waals surface area (Å²) in [5.74, 6) is 3.56. The van der Waals surface area contributed by atoms with Crippen molar-refractivity contribution < 1.29 is 27.5 Å². The van der Waals surface area contributed by atoms with Crippen molar-refractivity contribution in [2.45, 2.75) is 36.3 Å². The number of hydrogen-bond acceptors (Lipinski definition) is 6. The number of hydrogen-bond donors (Lipinski definition) is 2. The summed E-state index contributed by atoms with van der Waals surface area (Å²) in [6.07, 6.45) is 7.58. The first-order valence-corrected chi connectivity index (χ1v) is 12.4. The summed E-state index contributed by atoms with van der Waals surface area (Å²) in [6.45, 7) is 0. The molecule has 180 valence electrons. The first kappa shape index (κ1) is 25.3. The Morgan fingerprint density at radius 1 is 1.26 bits per heavy atom. The molecule has 3 N–H and O–H groups in total. The molecule has 2 aromatic carbocycles. The maximum Gasteiger partial charge on any atom is 0.334 e. The molecule has 0 amide bonds. The molecule has 3 rings (SSSR count). The van der Waals surface area contributed by atoms with Gasteiger partial charge in [0.25, 0.3) is 0 Å². The Hall–Kier alpha value is -3.34. The van der Waals surface area contributed by atoms with Crippen molar-refractivity contribution in [3.05, 3.63) is 90.3 Å². The lowest BCUT2D eigenvalue weighted by Gasteiger charge is -2.24. The number of imidazole rings is 1. The van der Waals surface area contributed by atoms with Gasteiger partial charge in [-0.1, -0.05) is 30.3 Å². The van der Waals surface area contributed by atoms with Gasteiger partial charge in [-0.2, -0.15) is 0 Å². The minimum absolute atomic E-state index is 0.109. The molecular formula is C24H26FN3O5S. The summed E-state index contributed by atoms with van der Waals surface area (Å²) < 4.78 is 40.1. The van der Waals surface area contributed by atoms with Crippen LogP contribution in [0.15, 0.2) is 78.2 Å². The van der Waals surface area contributed by atoms with Crippen LogP contribution in [0.2, 0.25) is 0 Å². The number of carboxylic acid groups (broad SMARTS) is 1. The minimum Gasteiger partial charge on any atom is -0.479 e. The number of rotatable bonds is 11. The average molecular weight is 488 g/mol. The van der Waals surface area contributed by atoms with Crippen LogP contribution in [-0.4, -0.2) is 41.4 Å². The Morgan fingerprint density at radius 2 is 2.03 bits per heavy atom. The molecule has 1 heterocycles. The molecule has 1 aromatic heterocycles. The van der Waals surface area contributed by atoms with Gasteiger partial charge in [0.15, 0.2) is 15.9 Å². The van der Waals surface area contributed by atoms with E-state index in [0.717, 1.165) is 17.4 Å². The van der Waals surface area contributed by atoms with Crippen LogP contribution in [0.3, 0.4) is 0 Å². The van der Waals surface area contributed by atoms with Gasteiger partial charge < -0.3 is 9.67 Å². The Balaban J connectivity index is 2.08. The van der Waals surface area contributed by atoms with Crippen molar-refractivity contribution in [1.82, 2.24) is 9.55 Å². The number of carbonyl (C=O) groups is 1. The third-order valence-electron chi connectivity index (χ3n) is 5.39. The third kappa shape index (κ3) is 6.60.